The van der Waals surface area contributed by atoms with Crippen LogP contribution in [0.25, 0.3) is 0 Å². The van der Waals surface area contributed by atoms with Gasteiger partial charge in [0.2, 0.25) is 0 Å². The Balaban J connectivity index is 2.06. The molecule has 1 atom stereocenters. The van der Waals surface area contributed by atoms with E-state index in [4.69, 9.17) is 4.74 Å². The predicted octanol–water partition coefficient (Wildman–Crippen LogP) is 3.86. The molecule has 0 radical (unpaired) electrons. The van der Waals surface area contributed by atoms with Crippen LogP contribution in [-0.2, 0) is 0 Å². The zero-order valence-electron chi connectivity index (χ0n) is 12.0. The van der Waals surface area contributed by atoms with Crippen LogP contribution < -0.4 is 4.74 Å². The van der Waals surface area contributed by atoms with E-state index >= 15 is 0 Å². The van der Waals surface area contributed by atoms with Crippen LogP contribution in [0.3, 0.4) is 0 Å². The minimum absolute atomic E-state index is 0.148. The van der Waals surface area contributed by atoms with Gasteiger partial charge in [0.25, 0.3) is 0 Å². The summed E-state index contributed by atoms with van der Waals surface area (Å²) in [7, 11) is 0. The summed E-state index contributed by atoms with van der Waals surface area (Å²) in [5.41, 5.74) is 3.77. The first-order chi connectivity index (χ1) is 9.45. The number of aryl methyl sites for hydroxylation is 3. The number of ether oxygens (including phenoxy) is 1. The molecule has 0 saturated carbocycles. The Morgan fingerprint density at radius 2 is 1.70 bits per heavy atom. The van der Waals surface area contributed by atoms with Crippen molar-refractivity contribution in [3.63, 3.8) is 0 Å². The summed E-state index contributed by atoms with van der Waals surface area (Å²) in [5, 5.41) is 10.2. The van der Waals surface area contributed by atoms with Gasteiger partial charge >= 0.3 is 0 Å². The molecule has 2 aromatic carbocycles. The van der Waals surface area contributed by atoms with E-state index in [0.717, 1.165) is 22.3 Å². The van der Waals surface area contributed by atoms with Crippen LogP contribution in [0, 0.1) is 26.6 Å². The van der Waals surface area contributed by atoms with Gasteiger partial charge in [-0.1, -0.05) is 29.3 Å². The molecule has 106 valence electrons. The van der Waals surface area contributed by atoms with Gasteiger partial charge in [-0.3, -0.25) is 0 Å². The number of hydrogen-bond donors (Lipinski definition) is 1. The van der Waals surface area contributed by atoms with Gasteiger partial charge in [-0.25, -0.2) is 4.39 Å². The number of halogens is 1. The highest BCUT2D eigenvalue weighted by atomic mass is 19.1. The zero-order chi connectivity index (χ0) is 14.7. The molecule has 0 aromatic heterocycles. The summed E-state index contributed by atoms with van der Waals surface area (Å²) in [6.45, 7) is 5.92. The molecule has 0 aliphatic rings. The fourth-order valence-corrected chi connectivity index (χ4v) is 2.24. The summed E-state index contributed by atoms with van der Waals surface area (Å²) in [6.07, 6.45) is -0.696. The van der Waals surface area contributed by atoms with E-state index in [1.165, 1.54) is 12.1 Å². The topological polar surface area (TPSA) is 29.5 Å². The number of aliphatic hydroxyl groups excluding tert-OH is 1. The molecular weight excluding hydrogens is 255 g/mol. The van der Waals surface area contributed by atoms with E-state index in [1.54, 1.807) is 13.0 Å². The van der Waals surface area contributed by atoms with Crippen molar-refractivity contribution in [1.82, 2.24) is 0 Å². The molecule has 1 N–H and O–H groups in total. The Bertz CT molecular complexity index is 588. The fourth-order valence-electron chi connectivity index (χ4n) is 2.24. The first kappa shape index (κ1) is 14.5. The Hall–Kier alpha value is -1.87. The molecule has 2 aromatic rings. The van der Waals surface area contributed by atoms with Crippen molar-refractivity contribution >= 4 is 0 Å². The highest BCUT2D eigenvalue weighted by molar-refractivity contribution is 5.33. The van der Waals surface area contributed by atoms with Crippen LogP contribution in [-0.4, -0.2) is 11.7 Å². The monoisotopic (exact) mass is 274 g/mol. The number of hydrogen-bond acceptors (Lipinski definition) is 2. The molecule has 2 nitrogen and oxygen atoms in total. The number of aliphatic hydroxyl groups is 1. The summed E-state index contributed by atoms with van der Waals surface area (Å²) in [6, 6.07) is 10.3. The first-order valence-electron chi connectivity index (χ1n) is 6.61. The van der Waals surface area contributed by atoms with Gasteiger partial charge in [-0.15, -0.1) is 0 Å². The van der Waals surface area contributed by atoms with Gasteiger partial charge in [0, 0.05) is 0 Å². The van der Waals surface area contributed by atoms with Gasteiger partial charge in [0.1, 0.15) is 24.3 Å². The van der Waals surface area contributed by atoms with E-state index in [2.05, 4.69) is 6.07 Å². The van der Waals surface area contributed by atoms with E-state index in [1.807, 2.05) is 26.0 Å². The fraction of sp³-hybridized carbons (Fsp3) is 0.294. The molecule has 0 aliphatic heterocycles. The van der Waals surface area contributed by atoms with E-state index in [0.29, 0.717) is 5.75 Å². The normalized spacial score (nSPS) is 12.2. The first-order valence-corrected chi connectivity index (χ1v) is 6.61. The maximum atomic E-state index is 13.0. The second-order valence-corrected chi connectivity index (χ2v) is 5.16. The second-order valence-electron chi connectivity index (χ2n) is 5.16. The van der Waals surface area contributed by atoms with Crippen LogP contribution >= 0.6 is 0 Å². The summed E-state index contributed by atoms with van der Waals surface area (Å²) in [4.78, 5) is 0. The smallest absolute Gasteiger partial charge is 0.123 e. The van der Waals surface area contributed by atoms with Gasteiger partial charge in [-0.05, 0) is 50.1 Å². The Labute approximate surface area is 118 Å². The molecular formula is C17H19FO2. The lowest BCUT2D eigenvalue weighted by Crippen LogP contribution is -2.10. The van der Waals surface area contributed by atoms with Crippen molar-refractivity contribution in [2.24, 2.45) is 0 Å². The lowest BCUT2D eigenvalue weighted by atomic mass is 10.0. The SMILES string of the molecule is Cc1cc(C)cc(C(O)COc2ccc(F)cc2C)c1. The molecule has 1 unspecified atom stereocenters. The summed E-state index contributed by atoms with van der Waals surface area (Å²) < 4.78 is 18.6. The minimum atomic E-state index is -0.696. The van der Waals surface area contributed by atoms with Crippen molar-refractivity contribution in [3.05, 3.63) is 64.5 Å². The summed E-state index contributed by atoms with van der Waals surface area (Å²) >= 11 is 0. The third-order valence-corrected chi connectivity index (χ3v) is 3.16. The number of rotatable bonds is 4. The Kier molecular flexibility index (Phi) is 4.40. The molecule has 0 saturated heterocycles. The van der Waals surface area contributed by atoms with Gasteiger partial charge in [0.05, 0.1) is 0 Å². The van der Waals surface area contributed by atoms with Gasteiger partial charge in [0.15, 0.2) is 0 Å². The molecule has 0 bridgehead atoms. The van der Waals surface area contributed by atoms with Crippen LogP contribution in [0.4, 0.5) is 4.39 Å². The Morgan fingerprint density at radius 3 is 2.30 bits per heavy atom. The van der Waals surface area contributed by atoms with Crippen molar-refractivity contribution in [2.75, 3.05) is 6.61 Å². The maximum Gasteiger partial charge on any atom is 0.123 e. The highest BCUT2D eigenvalue weighted by Gasteiger charge is 2.10. The maximum absolute atomic E-state index is 13.0. The number of benzene rings is 2. The molecule has 3 heteroatoms. The third kappa shape index (κ3) is 3.58. The van der Waals surface area contributed by atoms with Crippen molar-refractivity contribution in [1.29, 1.82) is 0 Å². The van der Waals surface area contributed by atoms with Crippen LogP contribution in [0.5, 0.6) is 5.75 Å². The van der Waals surface area contributed by atoms with E-state index in [9.17, 15) is 9.50 Å². The van der Waals surface area contributed by atoms with Crippen molar-refractivity contribution < 1.29 is 14.2 Å². The minimum Gasteiger partial charge on any atom is -0.490 e. The second kappa shape index (κ2) is 6.06. The van der Waals surface area contributed by atoms with E-state index in [-0.39, 0.29) is 12.4 Å². The average molecular weight is 274 g/mol. The molecule has 0 amide bonds. The van der Waals surface area contributed by atoms with Gasteiger partial charge in [-0.2, -0.15) is 0 Å². The summed E-state index contributed by atoms with van der Waals surface area (Å²) in [5.74, 6) is 0.305. The van der Waals surface area contributed by atoms with Crippen LogP contribution in [0.1, 0.15) is 28.4 Å². The van der Waals surface area contributed by atoms with Crippen molar-refractivity contribution in [3.8, 4) is 5.75 Å². The molecule has 0 aliphatic carbocycles. The molecule has 20 heavy (non-hydrogen) atoms. The lowest BCUT2D eigenvalue weighted by molar-refractivity contribution is 0.107. The third-order valence-electron chi connectivity index (χ3n) is 3.16. The van der Waals surface area contributed by atoms with Crippen LogP contribution in [0.15, 0.2) is 36.4 Å². The van der Waals surface area contributed by atoms with Gasteiger partial charge < -0.3 is 9.84 Å². The molecule has 0 spiro atoms. The largest absolute Gasteiger partial charge is 0.490 e. The molecule has 0 fully saturated rings. The Morgan fingerprint density at radius 1 is 1.05 bits per heavy atom. The quantitative estimate of drug-likeness (QED) is 0.917. The molecule has 0 heterocycles. The molecule has 2 rings (SSSR count). The predicted molar refractivity (Wildman–Crippen MR) is 77.5 cm³/mol. The highest BCUT2D eigenvalue weighted by Crippen LogP contribution is 2.22. The average Bonchev–Trinajstić information content (AvgIpc) is 2.36. The zero-order valence-corrected chi connectivity index (χ0v) is 12.0. The van der Waals surface area contributed by atoms with E-state index < -0.39 is 6.10 Å². The lowest BCUT2D eigenvalue weighted by Gasteiger charge is -2.15. The van der Waals surface area contributed by atoms with Crippen LogP contribution in [0.2, 0.25) is 0 Å². The van der Waals surface area contributed by atoms with Crippen molar-refractivity contribution in [2.45, 2.75) is 26.9 Å². The standard InChI is InChI=1S/C17H19FO2/c1-11-6-12(2)8-14(7-11)16(19)10-20-17-5-4-15(18)9-13(17)3/h4-9,16,19H,10H2,1-3H3.